The third-order valence-corrected chi connectivity index (χ3v) is 8.42. The Bertz CT molecular complexity index is 759. The van der Waals surface area contributed by atoms with Crippen molar-refractivity contribution in [3.63, 3.8) is 0 Å². The summed E-state index contributed by atoms with van der Waals surface area (Å²) in [6.45, 7) is 4.15. The number of allylic oxidation sites excluding steroid dienone is 4. The monoisotopic (exact) mass is 649 g/mol. The summed E-state index contributed by atoms with van der Waals surface area (Å²) < 4.78 is 10.3. The highest BCUT2D eigenvalue weighted by atomic mass is 16.6. The molecule has 6 heteroatoms. The first kappa shape index (κ1) is 44.0. The van der Waals surface area contributed by atoms with Crippen molar-refractivity contribution in [1.29, 1.82) is 0 Å². The number of ether oxygens (including phenoxy) is 2. The van der Waals surface area contributed by atoms with Gasteiger partial charge >= 0.3 is 11.9 Å². The minimum Gasteiger partial charge on any atom is -0.463 e. The highest BCUT2D eigenvalue weighted by Gasteiger charge is 2.12. The molecule has 0 heterocycles. The van der Waals surface area contributed by atoms with Crippen molar-refractivity contribution >= 4 is 17.7 Å². The molecule has 0 bridgehead atoms. The maximum absolute atomic E-state index is 12.0. The van der Waals surface area contributed by atoms with Crippen LogP contribution >= 0.6 is 0 Å². The third kappa shape index (κ3) is 34.9. The topological polar surface area (TPSA) is 89.9 Å². The largest absolute Gasteiger partial charge is 0.463 e. The van der Waals surface area contributed by atoms with Crippen LogP contribution in [0.3, 0.4) is 0 Å². The molecule has 0 aromatic carbocycles. The highest BCUT2D eigenvalue weighted by molar-refractivity contribution is 5.89. The number of carbonyl (C=O) groups is 3. The number of aliphatic hydroxyl groups is 1. The molecule has 0 aliphatic carbocycles. The molecular formula is C40H72O6. The second-order valence-corrected chi connectivity index (χ2v) is 13.1. The fraction of sp³-hybridized carbons (Fsp3) is 0.825. The van der Waals surface area contributed by atoms with Gasteiger partial charge in [0.1, 0.15) is 19.3 Å². The molecule has 0 saturated heterocycles. The van der Waals surface area contributed by atoms with Gasteiger partial charge in [-0.15, -0.1) is 0 Å². The van der Waals surface area contributed by atoms with E-state index >= 15 is 0 Å². The van der Waals surface area contributed by atoms with Crippen molar-refractivity contribution in [2.24, 2.45) is 0 Å². The predicted octanol–water partition coefficient (Wildman–Crippen LogP) is 11.1. The van der Waals surface area contributed by atoms with Crippen LogP contribution in [-0.4, -0.2) is 42.1 Å². The Labute approximate surface area is 283 Å². The fourth-order valence-corrected chi connectivity index (χ4v) is 5.42. The molecule has 1 N–H and O–H groups in total. The average Bonchev–Trinajstić information content (AvgIpc) is 3.05. The molecule has 0 rings (SSSR count). The predicted molar refractivity (Wildman–Crippen MR) is 192 cm³/mol. The number of rotatable bonds is 35. The number of hydrogen-bond acceptors (Lipinski definition) is 6. The van der Waals surface area contributed by atoms with Gasteiger partial charge in [0.05, 0.1) is 0 Å². The van der Waals surface area contributed by atoms with E-state index < -0.39 is 6.10 Å². The van der Waals surface area contributed by atoms with Crippen LogP contribution in [0, 0.1) is 0 Å². The quantitative estimate of drug-likeness (QED) is 0.0318. The lowest BCUT2D eigenvalue weighted by Gasteiger charge is -2.12. The molecule has 0 fully saturated rings. The zero-order valence-electron chi connectivity index (χ0n) is 30.1. The molecule has 0 saturated carbocycles. The van der Waals surface area contributed by atoms with Crippen molar-refractivity contribution in [2.75, 3.05) is 13.2 Å². The summed E-state index contributed by atoms with van der Waals surface area (Å²) in [5, 5.41) is 9.99. The first-order valence-corrected chi connectivity index (χ1v) is 19.3. The van der Waals surface area contributed by atoms with Crippen molar-refractivity contribution < 1.29 is 29.0 Å². The summed E-state index contributed by atoms with van der Waals surface area (Å²) in [4.78, 5) is 35.8. The lowest BCUT2D eigenvalue weighted by Crippen LogP contribution is -2.25. The first-order valence-electron chi connectivity index (χ1n) is 19.3. The summed E-state index contributed by atoms with van der Waals surface area (Å²) in [7, 11) is 0. The number of unbranched alkanes of at least 4 members (excludes halogenated alkanes) is 22. The van der Waals surface area contributed by atoms with Crippen LogP contribution in [0.25, 0.3) is 0 Å². The molecule has 46 heavy (non-hydrogen) atoms. The minimum absolute atomic E-state index is 0.145. The van der Waals surface area contributed by atoms with Gasteiger partial charge in [-0.25, -0.2) is 0 Å². The van der Waals surface area contributed by atoms with Gasteiger partial charge in [0.2, 0.25) is 0 Å². The zero-order valence-corrected chi connectivity index (χ0v) is 30.1. The Morgan fingerprint density at radius 2 is 0.870 bits per heavy atom. The molecule has 0 unspecified atom stereocenters. The summed E-state index contributed by atoms with van der Waals surface area (Å²) in [5.74, 6) is -0.490. The minimum atomic E-state index is -0.998. The maximum atomic E-state index is 12.0. The van der Waals surface area contributed by atoms with Gasteiger partial charge in [-0.1, -0.05) is 160 Å². The van der Waals surface area contributed by atoms with Crippen LogP contribution < -0.4 is 0 Å². The van der Waals surface area contributed by atoms with Crippen LogP contribution in [0.2, 0.25) is 0 Å². The number of esters is 2. The molecule has 268 valence electrons. The fourth-order valence-electron chi connectivity index (χ4n) is 5.42. The van der Waals surface area contributed by atoms with Gasteiger partial charge in [0, 0.05) is 19.3 Å². The normalized spacial score (nSPS) is 12.2. The molecule has 0 spiro atoms. The van der Waals surface area contributed by atoms with Crippen LogP contribution in [-0.2, 0) is 23.9 Å². The van der Waals surface area contributed by atoms with E-state index in [-0.39, 0.29) is 30.9 Å². The summed E-state index contributed by atoms with van der Waals surface area (Å²) in [5.41, 5.74) is 0. The first-order chi connectivity index (χ1) is 22.5. The molecular weight excluding hydrogens is 576 g/mol. The van der Waals surface area contributed by atoms with Crippen LogP contribution in [0.5, 0.6) is 0 Å². The van der Waals surface area contributed by atoms with Crippen molar-refractivity contribution in [2.45, 2.75) is 200 Å². The number of hydrogen-bond donors (Lipinski definition) is 1. The summed E-state index contributed by atoms with van der Waals surface area (Å²) in [6.07, 6.45) is 37.6. The lowest BCUT2D eigenvalue weighted by atomic mass is 10.0. The standard InChI is InChI=1S/C40H72O6/c1-3-5-7-9-11-12-13-14-15-16-17-18-19-21-25-29-33-39(43)45-35-38(42)36-46-40(44)34-30-26-22-24-28-32-37(41)31-27-23-20-10-8-6-4-2/h20,23,27,31,38,42H,3-19,21-22,24-26,28-30,32-36H2,1-2H3/b23-20-,31-27+/t38-/m0/s1. The lowest BCUT2D eigenvalue weighted by molar-refractivity contribution is -0.152. The smallest absolute Gasteiger partial charge is 0.305 e. The van der Waals surface area contributed by atoms with Crippen LogP contribution in [0.15, 0.2) is 24.3 Å². The number of aliphatic hydroxyl groups excluding tert-OH is 1. The second-order valence-electron chi connectivity index (χ2n) is 13.1. The van der Waals surface area contributed by atoms with Gasteiger partial charge in [-0.2, -0.15) is 0 Å². The Balaban J connectivity index is 3.50. The van der Waals surface area contributed by atoms with Gasteiger partial charge in [0.25, 0.3) is 0 Å². The number of carbonyl (C=O) groups excluding carboxylic acids is 3. The Hall–Kier alpha value is -1.95. The zero-order chi connectivity index (χ0) is 33.8. The summed E-state index contributed by atoms with van der Waals surface area (Å²) in [6, 6.07) is 0. The molecule has 6 nitrogen and oxygen atoms in total. The maximum Gasteiger partial charge on any atom is 0.305 e. The van der Waals surface area contributed by atoms with Gasteiger partial charge in [0.15, 0.2) is 5.78 Å². The van der Waals surface area contributed by atoms with E-state index in [4.69, 9.17) is 9.47 Å². The molecule has 0 radical (unpaired) electrons. The molecule has 0 aromatic rings. The Kier molecular flexibility index (Phi) is 34.4. The Morgan fingerprint density at radius 3 is 1.30 bits per heavy atom. The van der Waals surface area contributed by atoms with Gasteiger partial charge in [-0.3, -0.25) is 14.4 Å². The van der Waals surface area contributed by atoms with Crippen molar-refractivity contribution in [3.05, 3.63) is 24.3 Å². The van der Waals surface area contributed by atoms with E-state index in [1.165, 1.54) is 103 Å². The van der Waals surface area contributed by atoms with Crippen molar-refractivity contribution in [1.82, 2.24) is 0 Å². The molecule has 1 atom stereocenters. The van der Waals surface area contributed by atoms with E-state index in [1.54, 1.807) is 6.08 Å². The van der Waals surface area contributed by atoms with Crippen molar-refractivity contribution in [3.8, 4) is 0 Å². The molecule has 0 amide bonds. The Morgan fingerprint density at radius 1 is 0.500 bits per heavy atom. The average molecular weight is 649 g/mol. The van der Waals surface area contributed by atoms with E-state index in [0.717, 1.165) is 57.8 Å². The van der Waals surface area contributed by atoms with E-state index in [0.29, 0.717) is 19.3 Å². The van der Waals surface area contributed by atoms with Crippen LogP contribution in [0.1, 0.15) is 194 Å². The SMILES string of the molecule is CCCCC/C=C\C=C\C(=O)CCCCCCCC(=O)OC[C@@H](O)COC(=O)CCCCCCCCCCCCCCCCCC. The van der Waals surface area contributed by atoms with E-state index in [1.807, 2.05) is 12.2 Å². The van der Waals surface area contributed by atoms with Crippen LogP contribution in [0.4, 0.5) is 0 Å². The van der Waals surface area contributed by atoms with Gasteiger partial charge in [-0.05, 0) is 38.2 Å². The van der Waals surface area contributed by atoms with E-state index in [9.17, 15) is 19.5 Å². The number of ketones is 1. The van der Waals surface area contributed by atoms with Gasteiger partial charge < -0.3 is 14.6 Å². The molecule has 0 aliphatic heterocycles. The third-order valence-electron chi connectivity index (χ3n) is 8.42. The van der Waals surface area contributed by atoms with E-state index in [2.05, 4.69) is 19.9 Å². The highest BCUT2D eigenvalue weighted by Crippen LogP contribution is 2.14. The molecule has 0 aromatic heterocycles. The summed E-state index contributed by atoms with van der Waals surface area (Å²) >= 11 is 0. The molecule has 0 aliphatic rings. The second kappa shape index (κ2) is 35.9.